The minimum Gasteiger partial charge on any atom is -0.453 e. The molecule has 2 rings (SSSR count). The van der Waals surface area contributed by atoms with Crippen LogP contribution in [0.5, 0.6) is 11.5 Å². The molecule has 22 heavy (non-hydrogen) atoms. The fourth-order valence-electron chi connectivity index (χ4n) is 1.89. The first-order chi connectivity index (χ1) is 10.5. The molecule has 0 saturated heterocycles. The predicted molar refractivity (Wildman–Crippen MR) is 80.8 cm³/mol. The van der Waals surface area contributed by atoms with Crippen molar-refractivity contribution in [3.63, 3.8) is 0 Å². The number of aldehydes is 1. The van der Waals surface area contributed by atoms with Crippen LogP contribution >= 0.6 is 11.6 Å². The number of hydrogen-bond donors (Lipinski definition) is 1. The fraction of sp³-hybridized carbons (Fsp3) is 0.125. The topological polar surface area (TPSA) is 69.4 Å². The highest BCUT2D eigenvalue weighted by Gasteiger charge is 2.15. The van der Waals surface area contributed by atoms with Gasteiger partial charge < -0.3 is 10.5 Å². The molecule has 0 spiro atoms. The molecule has 1 amide bonds. The highest BCUT2D eigenvalue weighted by atomic mass is 35.5. The molecule has 2 N–H and O–H groups in total. The number of primary amides is 1. The Hall–Kier alpha value is -2.40. The van der Waals surface area contributed by atoms with Crippen LogP contribution in [0.15, 0.2) is 36.4 Å². The summed E-state index contributed by atoms with van der Waals surface area (Å²) in [5.74, 6) is -1.02. The van der Waals surface area contributed by atoms with E-state index < -0.39 is 11.7 Å². The SMILES string of the molecule is NC(=O)CCc1ccc(Cl)c(Oc2cccc(C=O)c2)c1F. The van der Waals surface area contributed by atoms with E-state index in [1.807, 2.05) is 0 Å². The van der Waals surface area contributed by atoms with Gasteiger partial charge in [-0.3, -0.25) is 9.59 Å². The van der Waals surface area contributed by atoms with Crippen molar-refractivity contribution in [2.45, 2.75) is 12.8 Å². The maximum atomic E-state index is 14.4. The predicted octanol–water partition coefficient (Wildman–Crippen LogP) is 3.50. The van der Waals surface area contributed by atoms with Crippen molar-refractivity contribution >= 4 is 23.8 Å². The Balaban J connectivity index is 2.31. The maximum Gasteiger partial charge on any atom is 0.217 e. The van der Waals surface area contributed by atoms with E-state index in [1.54, 1.807) is 18.2 Å². The highest BCUT2D eigenvalue weighted by Crippen LogP contribution is 2.34. The van der Waals surface area contributed by atoms with Gasteiger partial charge in [-0.05, 0) is 30.2 Å². The molecule has 0 radical (unpaired) electrons. The Morgan fingerprint density at radius 3 is 2.77 bits per heavy atom. The molecular weight excluding hydrogens is 309 g/mol. The quantitative estimate of drug-likeness (QED) is 0.828. The number of aryl methyl sites for hydroxylation is 1. The van der Waals surface area contributed by atoms with Crippen LogP contribution < -0.4 is 10.5 Å². The third-order valence-electron chi connectivity index (χ3n) is 2.98. The van der Waals surface area contributed by atoms with Gasteiger partial charge in [-0.2, -0.15) is 0 Å². The zero-order valence-electron chi connectivity index (χ0n) is 11.5. The molecule has 0 atom stereocenters. The summed E-state index contributed by atoms with van der Waals surface area (Å²) in [5.41, 5.74) is 5.75. The summed E-state index contributed by atoms with van der Waals surface area (Å²) in [7, 11) is 0. The first-order valence-corrected chi connectivity index (χ1v) is 6.87. The van der Waals surface area contributed by atoms with Crippen LogP contribution in [0.4, 0.5) is 4.39 Å². The second-order valence-corrected chi connectivity index (χ2v) is 5.02. The average Bonchev–Trinajstić information content (AvgIpc) is 2.50. The van der Waals surface area contributed by atoms with Crippen LogP contribution in [-0.4, -0.2) is 12.2 Å². The lowest BCUT2D eigenvalue weighted by Gasteiger charge is -2.12. The Labute approximate surface area is 131 Å². The lowest BCUT2D eigenvalue weighted by Crippen LogP contribution is -2.11. The molecule has 0 aliphatic rings. The van der Waals surface area contributed by atoms with Crippen molar-refractivity contribution in [3.05, 3.63) is 58.4 Å². The normalized spacial score (nSPS) is 10.3. The molecule has 6 heteroatoms. The Morgan fingerprint density at radius 2 is 2.09 bits per heavy atom. The number of amides is 1. The van der Waals surface area contributed by atoms with Gasteiger partial charge >= 0.3 is 0 Å². The standard InChI is InChI=1S/C16H13ClFNO3/c17-13-6-4-11(5-7-14(19)21)15(18)16(13)22-12-3-1-2-10(8-12)9-20/h1-4,6,8-9H,5,7H2,(H2,19,21). The van der Waals surface area contributed by atoms with Gasteiger partial charge in [-0.25, -0.2) is 4.39 Å². The van der Waals surface area contributed by atoms with E-state index in [0.29, 0.717) is 11.8 Å². The second-order valence-electron chi connectivity index (χ2n) is 4.61. The van der Waals surface area contributed by atoms with Gasteiger partial charge in [-0.15, -0.1) is 0 Å². The molecule has 114 valence electrons. The number of nitrogens with two attached hydrogens (primary N) is 1. The van der Waals surface area contributed by atoms with Crippen LogP contribution in [-0.2, 0) is 11.2 Å². The summed E-state index contributed by atoms with van der Waals surface area (Å²) < 4.78 is 19.9. The van der Waals surface area contributed by atoms with Crippen LogP contribution in [0.2, 0.25) is 5.02 Å². The van der Waals surface area contributed by atoms with Crippen molar-refractivity contribution < 1.29 is 18.7 Å². The van der Waals surface area contributed by atoms with E-state index >= 15 is 0 Å². The van der Waals surface area contributed by atoms with Crippen LogP contribution in [0.1, 0.15) is 22.3 Å². The van der Waals surface area contributed by atoms with Crippen LogP contribution in [0.3, 0.4) is 0 Å². The molecule has 4 nitrogen and oxygen atoms in total. The first kappa shape index (κ1) is 16.0. The molecule has 0 unspecified atom stereocenters. The van der Waals surface area contributed by atoms with E-state index in [1.165, 1.54) is 18.2 Å². The summed E-state index contributed by atoms with van der Waals surface area (Å²) in [6.45, 7) is 0. The van der Waals surface area contributed by atoms with Crippen LogP contribution in [0.25, 0.3) is 0 Å². The molecule has 2 aromatic rings. The molecule has 0 heterocycles. The summed E-state index contributed by atoms with van der Waals surface area (Å²) >= 11 is 5.96. The van der Waals surface area contributed by atoms with Gasteiger partial charge in [0.25, 0.3) is 0 Å². The number of halogens is 2. The van der Waals surface area contributed by atoms with E-state index in [0.717, 1.165) is 0 Å². The van der Waals surface area contributed by atoms with Crippen molar-refractivity contribution in [2.75, 3.05) is 0 Å². The number of benzene rings is 2. The largest absolute Gasteiger partial charge is 0.453 e. The third kappa shape index (κ3) is 3.83. The minimum atomic E-state index is -0.648. The van der Waals surface area contributed by atoms with Crippen LogP contribution in [0, 0.1) is 5.82 Å². The Bertz CT molecular complexity index is 719. The van der Waals surface area contributed by atoms with Gasteiger partial charge in [0.2, 0.25) is 5.91 Å². The van der Waals surface area contributed by atoms with Gasteiger partial charge in [0.15, 0.2) is 11.6 Å². The maximum absolute atomic E-state index is 14.4. The number of ether oxygens (including phenoxy) is 1. The lowest BCUT2D eigenvalue weighted by molar-refractivity contribution is -0.118. The molecule has 0 fully saturated rings. The Morgan fingerprint density at radius 1 is 1.32 bits per heavy atom. The summed E-state index contributed by atoms with van der Waals surface area (Å²) in [4.78, 5) is 21.6. The van der Waals surface area contributed by atoms with E-state index in [4.69, 9.17) is 22.1 Å². The number of rotatable bonds is 6. The van der Waals surface area contributed by atoms with Crippen molar-refractivity contribution in [1.29, 1.82) is 0 Å². The summed E-state index contributed by atoms with van der Waals surface area (Å²) in [6, 6.07) is 9.23. The van der Waals surface area contributed by atoms with Crippen molar-refractivity contribution in [1.82, 2.24) is 0 Å². The van der Waals surface area contributed by atoms with Crippen molar-refractivity contribution in [2.24, 2.45) is 5.73 Å². The number of hydrogen-bond acceptors (Lipinski definition) is 3. The second kappa shape index (κ2) is 7.04. The molecule has 0 bridgehead atoms. The van der Waals surface area contributed by atoms with Gasteiger partial charge in [0.05, 0.1) is 5.02 Å². The molecular formula is C16H13ClFNO3. The fourth-order valence-corrected chi connectivity index (χ4v) is 2.07. The van der Waals surface area contributed by atoms with E-state index in [-0.39, 0.29) is 34.9 Å². The average molecular weight is 322 g/mol. The molecule has 0 saturated carbocycles. The highest BCUT2D eigenvalue weighted by molar-refractivity contribution is 6.32. The monoisotopic (exact) mass is 321 g/mol. The summed E-state index contributed by atoms with van der Waals surface area (Å²) in [6.07, 6.45) is 0.843. The number of carbonyl (C=O) groups excluding carboxylic acids is 2. The van der Waals surface area contributed by atoms with E-state index in [9.17, 15) is 14.0 Å². The zero-order valence-corrected chi connectivity index (χ0v) is 12.3. The molecule has 0 aliphatic carbocycles. The third-order valence-corrected chi connectivity index (χ3v) is 3.28. The summed E-state index contributed by atoms with van der Waals surface area (Å²) in [5, 5.41) is 0.0943. The molecule has 0 aromatic heterocycles. The minimum absolute atomic E-state index is 0.0264. The zero-order chi connectivity index (χ0) is 16.1. The smallest absolute Gasteiger partial charge is 0.217 e. The number of carbonyl (C=O) groups is 2. The van der Waals surface area contributed by atoms with Gasteiger partial charge in [0, 0.05) is 12.0 Å². The lowest BCUT2D eigenvalue weighted by atomic mass is 10.1. The molecule has 2 aromatic carbocycles. The van der Waals surface area contributed by atoms with Gasteiger partial charge in [0.1, 0.15) is 12.0 Å². The van der Waals surface area contributed by atoms with Gasteiger partial charge in [-0.1, -0.05) is 29.8 Å². The van der Waals surface area contributed by atoms with E-state index in [2.05, 4.69) is 0 Å². The Kier molecular flexibility index (Phi) is 5.12. The van der Waals surface area contributed by atoms with Crippen molar-refractivity contribution in [3.8, 4) is 11.5 Å². The molecule has 0 aliphatic heterocycles. The first-order valence-electron chi connectivity index (χ1n) is 6.49.